The number of amides is 1. The van der Waals surface area contributed by atoms with Gasteiger partial charge in [0.1, 0.15) is 16.6 Å². The average Bonchev–Trinajstić information content (AvgIpc) is 2.82. The molecule has 0 saturated carbocycles. The van der Waals surface area contributed by atoms with Crippen molar-refractivity contribution in [3.8, 4) is 5.75 Å². The van der Waals surface area contributed by atoms with E-state index in [0.717, 1.165) is 38.6 Å². The minimum atomic E-state index is -0.0341. The summed E-state index contributed by atoms with van der Waals surface area (Å²) in [6.07, 6.45) is 0.656. The molecule has 0 aliphatic rings. The van der Waals surface area contributed by atoms with Crippen LogP contribution in [-0.4, -0.2) is 28.7 Å². The lowest BCUT2D eigenvalue weighted by Crippen LogP contribution is -2.24. The van der Waals surface area contributed by atoms with Crippen molar-refractivity contribution in [1.29, 1.82) is 0 Å². The van der Waals surface area contributed by atoms with Gasteiger partial charge in [0, 0.05) is 18.4 Å². The Hall–Kier alpha value is -3.38. The Balaban J connectivity index is 1.43. The summed E-state index contributed by atoms with van der Waals surface area (Å²) in [5.41, 5.74) is 3.08. The number of thioether (sulfide) groups is 1. The summed E-state index contributed by atoms with van der Waals surface area (Å²) >= 11 is 1.44. The number of carbonyl (C=O) groups excluding carboxylic acids is 1. The highest BCUT2D eigenvalue weighted by atomic mass is 32.2. The van der Waals surface area contributed by atoms with Crippen LogP contribution < -0.4 is 10.1 Å². The molecule has 0 aliphatic heterocycles. The zero-order valence-corrected chi connectivity index (χ0v) is 18.1. The monoisotopic (exact) mass is 429 g/mol. The molecule has 1 aromatic heterocycles. The van der Waals surface area contributed by atoms with Crippen LogP contribution in [-0.2, 0) is 17.8 Å². The molecule has 0 saturated heterocycles. The number of nitrogens with zero attached hydrogens (tertiary/aromatic N) is 2. The first-order valence-corrected chi connectivity index (χ1v) is 11.0. The Morgan fingerprint density at radius 2 is 1.65 bits per heavy atom. The van der Waals surface area contributed by atoms with Crippen LogP contribution in [0.1, 0.15) is 17.0 Å². The van der Waals surface area contributed by atoms with E-state index in [9.17, 15) is 4.79 Å². The lowest BCUT2D eigenvalue weighted by Gasteiger charge is -2.09. The van der Waals surface area contributed by atoms with Crippen molar-refractivity contribution >= 4 is 28.6 Å². The molecular formula is C25H23N3O2S. The molecule has 31 heavy (non-hydrogen) atoms. The van der Waals surface area contributed by atoms with E-state index >= 15 is 0 Å². The van der Waals surface area contributed by atoms with Crippen molar-refractivity contribution in [2.75, 3.05) is 12.9 Å². The molecule has 0 radical (unpaired) electrons. The van der Waals surface area contributed by atoms with Crippen LogP contribution in [0, 0.1) is 0 Å². The molecule has 156 valence electrons. The van der Waals surface area contributed by atoms with Gasteiger partial charge >= 0.3 is 0 Å². The number of hydrogen-bond donors (Lipinski definition) is 1. The van der Waals surface area contributed by atoms with Gasteiger partial charge in [0.05, 0.1) is 18.4 Å². The number of benzene rings is 3. The average molecular weight is 430 g/mol. The van der Waals surface area contributed by atoms with Crippen LogP contribution >= 0.6 is 11.8 Å². The number of fused-ring (bicyclic) bond motifs is 1. The molecule has 1 heterocycles. The molecule has 0 atom stereocenters. The Bertz CT molecular complexity index is 1160. The van der Waals surface area contributed by atoms with Gasteiger partial charge in [0.25, 0.3) is 0 Å². The van der Waals surface area contributed by atoms with Crippen molar-refractivity contribution < 1.29 is 9.53 Å². The zero-order valence-electron chi connectivity index (χ0n) is 17.2. The molecule has 5 nitrogen and oxygen atoms in total. The number of carbonyl (C=O) groups is 1. The molecule has 0 bridgehead atoms. The molecule has 4 rings (SSSR count). The number of methoxy groups -OCH3 is 1. The first-order valence-electron chi connectivity index (χ1n) is 10.0. The zero-order chi connectivity index (χ0) is 21.5. The predicted octanol–water partition coefficient (Wildman–Crippen LogP) is 4.64. The second-order valence-corrected chi connectivity index (χ2v) is 8.00. The standard InChI is InChI=1S/C25H23N3O2S/c1-30-20-13-11-19(12-14-20)16-26-24(29)17-31-25-21-9-5-6-10-22(21)27-23(28-25)15-18-7-3-2-4-8-18/h2-14H,15-17H2,1H3,(H,26,29). The van der Waals surface area contributed by atoms with Gasteiger partial charge in [0.15, 0.2) is 0 Å². The molecule has 0 fully saturated rings. The lowest BCUT2D eigenvalue weighted by atomic mass is 10.1. The SMILES string of the molecule is COc1ccc(CNC(=O)CSc2nc(Cc3ccccc3)nc3ccccc23)cc1. The van der Waals surface area contributed by atoms with E-state index < -0.39 is 0 Å². The Labute approximate surface area is 185 Å². The van der Waals surface area contributed by atoms with Gasteiger partial charge < -0.3 is 10.1 Å². The maximum Gasteiger partial charge on any atom is 0.230 e. The summed E-state index contributed by atoms with van der Waals surface area (Å²) in [5.74, 6) is 1.81. The highest BCUT2D eigenvalue weighted by molar-refractivity contribution is 8.00. The normalized spacial score (nSPS) is 10.7. The topological polar surface area (TPSA) is 64.1 Å². The highest BCUT2D eigenvalue weighted by Gasteiger charge is 2.11. The van der Waals surface area contributed by atoms with Crippen molar-refractivity contribution in [2.45, 2.75) is 18.0 Å². The van der Waals surface area contributed by atoms with Crippen LogP contribution in [0.3, 0.4) is 0 Å². The largest absolute Gasteiger partial charge is 0.497 e. The van der Waals surface area contributed by atoms with E-state index in [-0.39, 0.29) is 5.91 Å². The molecule has 1 amide bonds. The summed E-state index contributed by atoms with van der Waals surface area (Å²) in [6.45, 7) is 0.479. The van der Waals surface area contributed by atoms with Crippen molar-refractivity contribution in [3.63, 3.8) is 0 Å². The third-order valence-electron chi connectivity index (χ3n) is 4.81. The number of hydrogen-bond acceptors (Lipinski definition) is 5. The van der Waals surface area contributed by atoms with E-state index in [4.69, 9.17) is 14.7 Å². The van der Waals surface area contributed by atoms with Gasteiger partial charge in [-0.25, -0.2) is 9.97 Å². The molecule has 6 heteroatoms. The second kappa shape index (κ2) is 10.1. The summed E-state index contributed by atoms with van der Waals surface area (Å²) in [5, 5.41) is 4.76. The van der Waals surface area contributed by atoms with Crippen molar-refractivity contribution in [2.24, 2.45) is 0 Å². The van der Waals surface area contributed by atoms with Gasteiger partial charge in [0.2, 0.25) is 5.91 Å². The smallest absolute Gasteiger partial charge is 0.230 e. The molecule has 3 aromatic carbocycles. The van der Waals surface area contributed by atoms with E-state index in [0.29, 0.717) is 18.7 Å². The minimum Gasteiger partial charge on any atom is -0.497 e. The van der Waals surface area contributed by atoms with Crippen LogP contribution in [0.4, 0.5) is 0 Å². The molecule has 4 aromatic rings. The third kappa shape index (κ3) is 5.61. The fourth-order valence-electron chi connectivity index (χ4n) is 3.19. The number of rotatable bonds is 8. The molecule has 0 aliphatic carbocycles. The fraction of sp³-hybridized carbons (Fsp3) is 0.160. The molecule has 0 spiro atoms. The van der Waals surface area contributed by atoms with Crippen molar-refractivity contribution in [3.05, 3.63) is 95.8 Å². The van der Waals surface area contributed by atoms with Gasteiger partial charge in [-0.05, 0) is 29.3 Å². The lowest BCUT2D eigenvalue weighted by molar-refractivity contribution is -0.118. The maximum absolute atomic E-state index is 12.4. The Morgan fingerprint density at radius 3 is 2.42 bits per heavy atom. The Kier molecular flexibility index (Phi) is 6.79. The quantitative estimate of drug-likeness (QED) is 0.327. The molecular weight excluding hydrogens is 406 g/mol. The number of para-hydroxylation sites is 1. The van der Waals surface area contributed by atoms with Gasteiger partial charge in [-0.2, -0.15) is 0 Å². The van der Waals surface area contributed by atoms with Gasteiger partial charge in [-0.1, -0.05) is 72.4 Å². The van der Waals surface area contributed by atoms with Gasteiger partial charge in [-0.3, -0.25) is 4.79 Å². The van der Waals surface area contributed by atoms with E-state index in [2.05, 4.69) is 17.4 Å². The summed E-state index contributed by atoms with van der Waals surface area (Å²) in [4.78, 5) is 21.9. The summed E-state index contributed by atoms with van der Waals surface area (Å²) < 4.78 is 5.16. The van der Waals surface area contributed by atoms with Crippen LogP contribution in [0.25, 0.3) is 10.9 Å². The molecule has 0 unspecified atom stereocenters. The Morgan fingerprint density at radius 1 is 0.903 bits per heavy atom. The van der Waals surface area contributed by atoms with E-state index in [1.807, 2.05) is 66.7 Å². The van der Waals surface area contributed by atoms with Crippen LogP contribution in [0.2, 0.25) is 0 Å². The first kappa shape index (κ1) is 20.9. The number of nitrogens with one attached hydrogen (secondary N) is 1. The van der Waals surface area contributed by atoms with Crippen molar-refractivity contribution in [1.82, 2.24) is 15.3 Å². The summed E-state index contributed by atoms with van der Waals surface area (Å²) in [6, 6.07) is 25.7. The van der Waals surface area contributed by atoms with Crippen LogP contribution in [0.5, 0.6) is 5.75 Å². The third-order valence-corrected chi connectivity index (χ3v) is 5.80. The van der Waals surface area contributed by atoms with E-state index in [1.165, 1.54) is 11.8 Å². The fourth-order valence-corrected chi connectivity index (χ4v) is 4.06. The number of ether oxygens (including phenoxy) is 1. The number of aromatic nitrogens is 2. The highest BCUT2D eigenvalue weighted by Crippen LogP contribution is 2.26. The minimum absolute atomic E-state index is 0.0341. The molecule has 1 N–H and O–H groups in total. The summed E-state index contributed by atoms with van der Waals surface area (Å²) in [7, 11) is 1.64. The van der Waals surface area contributed by atoms with Crippen LogP contribution in [0.15, 0.2) is 83.9 Å². The second-order valence-electron chi connectivity index (χ2n) is 7.04. The predicted molar refractivity (Wildman–Crippen MR) is 124 cm³/mol. The van der Waals surface area contributed by atoms with E-state index in [1.54, 1.807) is 7.11 Å². The maximum atomic E-state index is 12.4. The van der Waals surface area contributed by atoms with Gasteiger partial charge in [-0.15, -0.1) is 0 Å². The first-order chi connectivity index (χ1) is 15.2.